The van der Waals surface area contributed by atoms with Crippen LogP contribution in [0.15, 0.2) is 46.8 Å². The number of nitrogens with zero attached hydrogens (tertiary/aromatic N) is 4. The van der Waals surface area contributed by atoms with E-state index in [0.29, 0.717) is 5.96 Å². The van der Waals surface area contributed by atoms with Crippen molar-refractivity contribution in [1.29, 1.82) is 0 Å². The molecule has 0 fully saturated rings. The second-order valence-corrected chi connectivity index (χ2v) is 7.87. The van der Waals surface area contributed by atoms with Gasteiger partial charge in [-0.1, -0.05) is 12.1 Å². The van der Waals surface area contributed by atoms with Gasteiger partial charge in [-0.05, 0) is 43.2 Å². The lowest BCUT2D eigenvalue weighted by Gasteiger charge is -2.19. The van der Waals surface area contributed by atoms with Gasteiger partial charge in [-0.15, -0.1) is 11.3 Å². The lowest BCUT2D eigenvalue weighted by atomic mass is 10.1. The Bertz CT molecular complexity index is 1050. The van der Waals surface area contributed by atoms with Crippen LogP contribution in [-0.4, -0.2) is 57.3 Å². The molecule has 0 aliphatic carbocycles. The zero-order chi connectivity index (χ0) is 22.9. The van der Waals surface area contributed by atoms with E-state index in [1.165, 1.54) is 16.9 Å². The molecule has 0 aliphatic rings. The number of aliphatic imine (C=N–C) groups is 1. The van der Waals surface area contributed by atoms with Crippen molar-refractivity contribution in [2.75, 3.05) is 51.6 Å². The summed E-state index contributed by atoms with van der Waals surface area (Å²) in [7, 11) is 7.08. The minimum Gasteiger partial charge on any atom is -0.493 e. The molecular formula is C23H30N6O2S. The van der Waals surface area contributed by atoms with Gasteiger partial charge < -0.3 is 25.0 Å². The van der Waals surface area contributed by atoms with E-state index in [-0.39, 0.29) is 0 Å². The SMILES string of the molecule is CCNC(=NC)Nc1nc(-c2cccc(N(C)CCc3ccc(OC)c(OC)c3)n2)cs1. The summed E-state index contributed by atoms with van der Waals surface area (Å²) >= 11 is 1.52. The minimum absolute atomic E-state index is 0.699. The first kappa shape index (κ1) is 23.3. The number of hydrogen-bond acceptors (Lipinski definition) is 7. The topological polar surface area (TPSA) is 83.9 Å². The Labute approximate surface area is 193 Å². The molecule has 0 aliphatic heterocycles. The second kappa shape index (κ2) is 11.3. The molecule has 2 aromatic heterocycles. The molecule has 0 bridgehead atoms. The van der Waals surface area contributed by atoms with Gasteiger partial charge in [0, 0.05) is 32.6 Å². The summed E-state index contributed by atoms with van der Waals surface area (Å²) < 4.78 is 10.7. The predicted octanol–water partition coefficient (Wildman–Crippen LogP) is 3.91. The van der Waals surface area contributed by atoms with Crippen molar-refractivity contribution in [1.82, 2.24) is 15.3 Å². The van der Waals surface area contributed by atoms with Gasteiger partial charge >= 0.3 is 0 Å². The third kappa shape index (κ3) is 5.88. The van der Waals surface area contributed by atoms with Crippen molar-refractivity contribution >= 4 is 28.2 Å². The number of methoxy groups -OCH3 is 2. The van der Waals surface area contributed by atoms with Crippen molar-refractivity contribution in [3.8, 4) is 22.9 Å². The van der Waals surface area contributed by atoms with Crippen LogP contribution in [0, 0.1) is 0 Å². The van der Waals surface area contributed by atoms with Crippen LogP contribution in [-0.2, 0) is 6.42 Å². The normalized spacial score (nSPS) is 11.2. The van der Waals surface area contributed by atoms with Crippen LogP contribution in [0.25, 0.3) is 11.4 Å². The monoisotopic (exact) mass is 454 g/mol. The zero-order valence-corrected chi connectivity index (χ0v) is 20.0. The number of likely N-dealkylation sites (N-methyl/N-ethyl adjacent to an activating group) is 1. The van der Waals surface area contributed by atoms with E-state index in [1.54, 1.807) is 21.3 Å². The molecule has 0 amide bonds. The molecule has 0 radical (unpaired) electrons. The van der Waals surface area contributed by atoms with Crippen LogP contribution in [0.4, 0.5) is 10.9 Å². The molecule has 0 saturated carbocycles. The van der Waals surface area contributed by atoms with Crippen molar-refractivity contribution in [2.45, 2.75) is 13.3 Å². The zero-order valence-electron chi connectivity index (χ0n) is 19.2. The Morgan fingerprint density at radius 3 is 2.62 bits per heavy atom. The Morgan fingerprint density at radius 1 is 1.09 bits per heavy atom. The highest BCUT2D eigenvalue weighted by atomic mass is 32.1. The molecule has 32 heavy (non-hydrogen) atoms. The first-order valence-electron chi connectivity index (χ1n) is 10.4. The molecule has 0 spiro atoms. The molecule has 0 saturated heterocycles. The number of hydrogen-bond donors (Lipinski definition) is 2. The molecule has 170 valence electrons. The quantitative estimate of drug-likeness (QED) is 0.375. The highest BCUT2D eigenvalue weighted by Gasteiger charge is 2.11. The average molecular weight is 455 g/mol. The maximum absolute atomic E-state index is 5.41. The van der Waals surface area contributed by atoms with Crippen LogP contribution in [0.5, 0.6) is 11.5 Å². The largest absolute Gasteiger partial charge is 0.493 e. The van der Waals surface area contributed by atoms with E-state index >= 15 is 0 Å². The van der Waals surface area contributed by atoms with Crippen LogP contribution in [0.1, 0.15) is 12.5 Å². The highest BCUT2D eigenvalue weighted by molar-refractivity contribution is 7.14. The number of anilines is 2. The van der Waals surface area contributed by atoms with Gasteiger partial charge in [0.1, 0.15) is 11.5 Å². The standard InChI is InChI=1S/C23H30N6O2S/c1-6-25-22(24-2)28-23-27-18(15-32-23)17-8-7-9-21(26-17)29(3)13-12-16-10-11-19(30-4)20(14-16)31-5/h7-11,14-15H,6,12-13H2,1-5H3,(H2,24,25,27,28). The lowest BCUT2D eigenvalue weighted by molar-refractivity contribution is 0.354. The summed E-state index contributed by atoms with van der Waals surface area (Å²) in [6.07, 6.45) is 0.858. The fourth-order valence-corrected chi connectivity index (χ4v) is 3.83. The lowest BCUT2D eigenvalue weighted by Crippen LogP contribution is -2.30. The Hall–Kier alpha value is -3.33. The van der Waals surface area contributed by atoms with Crippen LogP contribution < -0.4 is 25.0 Å². The van der Waals surface area contributed by atoms with E-state index in [9.17, 15) is 0 Å². The number of benzene rings is 1. The third-order valence-corrected chi connectivity index (χ3v) is 5.63. The molecular weight excluding hydrogens is 424 g/mol. The third-order valence-electron chi connectivity index (χ3n) is 4.87. The maximum Gasteiger partial charge on any atom is 0.197 e. The number of pyridine rings is 1. The smallest absolute Gasteiger partial charge is 0.197 e. The molecule has 2 N–H and O–H groups in total. The summed E-state index contributed by atoms with van der Waals surface area (Å²) in [5, 5.41) is 9.14. The van der Waals surface area contributed by atoms with Gasteiger partial charge in [0.2, 0.25) is 0 Å². The first-order chi connectivity index (χ1) is 15.6. The summed E-state index contributed by atoms with van der Waals surface area (Å²) in [5.74, 6) is 3.07. The second-order valence-electron chi connectivity index (χ2n) is 7.01. The molecule has 2 heterocycles. The highest BCUT2D eigenvalue weighted by Crippen LogP contribution is 2.28. The van der Waals surface area contributed by atoms with Gasteiger partial charge in [-0.25, -0.2) is 9.97 Å². The van der Waals surface area contributed by atoms with Crippen molar-refractivity contribution in [3.63, 3.8) is 0 Å². The predicted molar refractivity (Wildman–Crippen MR) is 133 cm³/mol. The number of aromatic nitrogens is 2. The van der Waals surface area contributed by atoms with Crippen LogP contribution in [0.3, 0.4) is 0 Å². The van der Waals surface area contributed by atoms with Gasteiger partial charge in [0.25, 0.3) is 0 Å². The number of guanidine groups is 1. The number of thiazole rings is 1. The van der Waals surface area contributed by atoms with Crippen molar-refractivity contribution in [3.05, 3.63) is 47.3 Å². The molecule has 0 unspecified atom stereocenters. The first-order valence-corrected chi connectivity index (χ1v) is 11.3. The maximum atomic E-state index is 5.41. The van der Waals surface area contributed by atoms with Gasteiger partial charge in [-0.3, -0.25) is 4.99 Å². The molecule has 3 aromatic rings. The number of nitrogens with one attached hydrogen (secondary N) is 2. The summed E-state index contributed by atoms with van der Waals surface area (Å²) in [4.78, 5) is 15.8. The Kier molecular flexibility index (Phi) is 8.27. The molecule has 0 atom stereocenters. The van der Waals surface area contributed by atoms with E-state index in [0.717, 1.165) is 53.3 Å². The van der Waals surface area contributed by atoms with Crippen molar-refractivity contribution in [2.24, 2.45) is 4.99 Å². The fraction of sp³-hybridized carbons (Fsp3) is 0.348. The minimum atomic E-state index is 0.699. The van der Waals surface area contributed by atoms with E-state index in [2.05, 4.69) is 31.6 Å². The Balaban J connectivity index is 1.67. The number of ether oxygens (including phenoxy) is 2. The van der Waals surface area contributed by atoms with Gasteiger partial charge in [0.05, 0.1) is 19.9 Å². The number of rotatable bonds is 9. The Morgan fingerprint density at radius 2 is 1.91 bits per heavy atom. The van der Waals surface area contributed by atoms with E-state index in [4.69, 9.17) is 14.5 Å². The summed E-state index contributed by atoms with van der Waals surface area (Å²) in [6, 6.07) is 12.0. The van der Waals surface area contributed by atoms with E-state index in [1.807, 2.05) is 49.7 Å². The summed E-state index contributed by atoms with van der Waals surface area (Å²) in [6.45, 7) is 3.63. The summed E-state index contributed by atoms with van der Waals surface area (Å²) in [5.41, 5.74) is 2.85. The molecule has 1 aromatic carbocycles. The van der Waals surface area contributed by atoms with E-state index < -0.39 is 0 Å². The fourth-order valence-electron chi connectivity index (χ4n) is 3.12. The molecule has 3 rings (SSSR count). The van der Waals surface area contributed by atoms with Crippen LogP contribution >= 0.6 is 11.3 Å². The average Bonchev–Trinajstić information content (AvgIpc) is 3.30. The van der Waals surface area contributed by atoms with Gasteiger partial charge in [0.15, 0.2) is 22.6 Å². The van der Waals surface area contributed by atoms with Gasteiger partial charge in [-0.2, -0.15) is 0 Å². The molecule has 8 nitrogen and oxygen atoms in total. The van der Waals surface area contributed by atoms with Crippen molar-refractivity contribution < 1.29 is 9.47 Å². The van der Waals surface area contributed by atoms with Crippen LogP contribution in [0.2, 0.25) is 0 Å². The molecule has 9 heteroatoms.